The molecule has 0 radical (unpaired) electrons. The van der Waals surface area contributed by atoms with Crippen LogP contribution in [-0.4, -0.2) is 24.1 Å². The van der Waals surface area contributed by atoms with Gasteiger partial charge in [0, 0.05) is 12.3 Å². The molecule has 0 heterocycles. The molecule has 1 aliphatic rings. The molecule has 108 valence electrons. The molecule has 0 saturated heterocycles. The van der Waals surface area contributed by atoms with Gasteiger partial charge >= 0.3 is 5.97 Å². The monoisotopic (exact) mass is 276 g/mol. The van der Waals surface area contributed by atoms with Crippen molar-refractivity contribution >= 4 is 18.0 Å². The molecule has 0 bridgehead atoms. The molecule has 1 atom stereocenters. The number of allylic oxidation sites excluding steroid dienone is 4. The van der Waals surface area contributed by atoms with Gasteiger partial charge in [0.1, 0.15) is 6.29 Å². The quantitative estimate of drug-likeness (QED) is 0.342. The van der Waals surface area contributed by atoms with E-state index in [2.05, 4.69) is 0 Å². The van der Waals surface area contributed by atoms with E-state index in [0.29, 0.717) is 11.9 Å². The highest BCUT2D eigenvalue weighted by Crippen LogP contribution is 2.43. The van der Waals surface area contributed by atoms with Crippen LogP contribution in [0.15, 0.2) is 34.9 Å². The van der Waals surface area contributed by atoms with E-state index >= 15 is 0 Å². The van der Waals surface area contributed by atoms with E-state index in [9.17, 15) is 14.4 Å². The van der Waals surface area contributed by atoms with E-state index in [0.717, 1.165) is 11.1 Å². The van der Waals surface area contributed by atoms with Crippen molar-refractivity contribution in [1.82, 2.24) is 0 Å². The number of esters is 1. The van der Waals surface area contributed by atoms with Crippen molar-refractivity contribution in [3.63, 3.8) is 0 Å². The van der Waals surface area contributed by atoms with Crippen molar-refractivity contribution in [3.05, 3.63) is 34.9 Å². The number of Topliss-reactive ketones (excluding diaryl/α,β-unsaturated/α-hetero) is 1. The predicted molar refractivity (Wildman–Crippen MR) is 76.0 cm³/mol. The number of ether oxygens (including phenoxy) is 1. The first-order valence-corrected chi connectivity index (χ1v) is 6.44. The molecule has 1 rings (SSSR count). The third-order valence-electron chi connectivity index (χ3n) is 3.49. The van der Waals surface area contributed by atoms with E-state index in [1.165, 1.54) is 13.0 Å². The zero-order chi connectivity index (χ0) is 15.5. The number of carbonyl (C=O) groups is 3. The second-order valence-corrected chi connectivity index (χ2v) is 5.49. The van der Waals surface area contributed by atoms with Crippen molar-refractivity contribution in [1.29, 1.82) is 0 Å². The highest BCUT2D eigenvalue weighted by atomic mass is 16.5. The third-order valence-corrected chi connectivity index (χ3v) is 3.49. The fourth-order valence-corrected chi connectivity index (χ4v) is 2.37. The SMILES string of the molecule is CC(=O)OC1C(=O)C(C)=C(C=CC(C)=CC=O)C1(C)C. The maximum absolute atomic E-state index is 12.2. The van der Waals surface area contributed by atoms with Gasteiger partial charge in [-0.05, 0) is 36.6 Å². The van der Waals surface area contributed by atoms with Crippen LogP contribution in [0.4, 0.5) is 0 Å². The minimum Gasteiger partial charge on any atom is -0.453 e. The first-order valence-electron chi connectivity index (χ1n) is 6.44. The molecule has 1 aliphatic carbocycles. The van der Waals surface area contributed by atoms with Crippen LogP contribution < -0.4 is 0 Å². The largest absolute Gasteiger partial charge is 0.453 e. The molecular weight excluding hydrogens is 256 g/mol. The molecule has 0 aromatic heterocycles. The van der Waals surface area contributed by atoms with E-state index in [1.54, 1.807) is 19.9 Å². The van der Waals surface area contributed by atoms with Gasteiger partial charge < -0.3 is 4.74 Å². The molecule has 0 fully saturated rings. The molecule has 0 amide bonds. The minimum atomic E-state index is -0.782. The van der Waals surface area contributed by atoms with Crippen LogP contribution in [0, 0.1) is 5.41 Å². The Labute approximate surface area is 119 Å². The van der Waals surface area contributed by atoms with Crippen LogP contribution in [0.2, 0.25) is 0 Å². The maximum atomic E-state index is 12.2. The number of carbonyl (C=O) groups excluding carboxylic acids is 3. The lowest BCUT2D eigenvalue weighted by Gasteiger charge is -2.27. The van der Waals surface area contributed by atoms with Gasteiger partial charge in [-0.1, -0.05) is 26.0 Å². The smallest absolute Gasteiger partial charge is 0.303 e. The lowest BCUT2D eigenvalue weighted by atomic mass is 9.82. The fourth-order valence-electron chi connectivity index (χ4n) is 2.37. The summed E-state index contributed by atoms with van der Waals surface area (Å²) < 4.78 is 5.16. The molecule has 0 aliphatic heterocycles. The van der Waals surface area contributed by atoms with Gasteiger partial charge in [0.15, 0.2) is 11.9 Å². The van der Waals surface area contributed by atoms with Crippen LogP contribution in [0.25, 0.3) is 0 Å². The summed E-state index contributed by atoms with van der Waals surface area (Å²) in [5.74, 6) is -0.631. The highest BCUT2D eigenvalue weighted by Gasteiger charge is 2.47. The zero-order valence-corrected chi connectivity index (χ0v) is 12.5. The molecule has 4 nitrogen and oxygen atoms in total. The predicted octanol–water partition coefficient (Wildman–Crippen LogP) is 2.54. The topological polar surface area (TPSA) is 60.4 Å². The first-order chi connectivity index (χ1) is 9.21. The molecule has 0 spiro atoms. The van der Waals surface area contributed by atoms with Gasteiger partial charge in [-0.15, -0.1) is 0 Å². The molecule has 1 unspecified atom stereocenters. The summed E-state index contributed by atoms with van der Waals surface area (Å²) >= 11 is 0. The molecule has 0 N–H and O–H groups in total. The number of hydrogen-bond donors (Lipinski definition) is 0. The summed E-state index contributed by atoms with van der Waals surface area (Å²) in [6.45, 7) is 8.56. The van der Waals surface area contributed by atoms with Crippen LogP contribution in [0.1, 0.15) is 34.6 Å². The average molecular weight is 276 g/mol. The van der Waals surface area contributed by atoms with Gasteiger partial charge in [0.2, 0.25) is 0 Å². The molecule has 0 aromatic carbocycles. The highest BCUT2D eigenvalue weighted by molar-refractivity contribution is 6.04. The Morgan fingerprint density at radius 1 is 1.30 bits per heavy atom. The Bertz CT molecular complexity index is 533. The number of rotatable bonds is 4. The van der Waals surface area contributed by atoms with Gasteiger partial charge in [-0.3, -0.25) is 14.4 Å². The van der Waals surface area contributed by atoms with Gasteiger partial charge in [0.05, 0.1) is 0 Å². The molecule has 0 saturated carbocycles. The Kier molecular flexibility index (Phi) is 4.82. The summed E-state index contributed by atoms with van der Waals surface area (Å²) in [5, 5.41) is 0. The van der Waals surface area contributed by atoms with Crippen molar-refractivity contribution in [2.45, 2.75) is 40.7 Å². The summed E-state index contributed by atoms with van der Waals surface area (Å²) in [6.07, 6.45) is 4.97. The van der Waals surface area contributed by atoms with Gasteiger partial charge in [-0.2, -0.15) is 0 Å². The maximum Gasteiger partial charge on any atom is 0.303 e. The lowest BCUT2D eigenvalue weighted by Crippen LogP contribution is -2.35. The van der Waals surface area contributed by atoms with E-state index in [1.807, 2.05) is 19.9 Å². The molecular formula is C16H20O4. The Morgan fingerprint density at radius 2 is 1.90 bits per heavy atom. The van der Waals surface area contributed by atoms with Crippen LogP contribution >= 0.6 is 0 Å². The fraction of sp³-hybridized carbons (Fsp3) is 0.438. The normalized spacial score (nSPS) is 22.6. The van der Waals surface area contributed by atoms with Crippen LogP contribution in [-0.2, 0) is 19.1 Å². The van der Waals surface area contributed by atoms with Crippen LogP contribution in [0.5, 0.6) is 0 Å². The standard InChI is InChI=1S/C16H20O4/c1-10(8-9-17)6-7-13-11(2)14(19)15(16(13,4)5)20-12(3)18/h6-9,15H,1-5H3. The van der Waals surface area contributed by atoms with Crippen molar-refractivity contribution < 1.29 is 19.1 Å². The van der Waals surface area contributed by atoms with Gasteiger partial charge in [0.25, 0.3) is 0 Å². The number of ketones is 1. The lowest BCUT2D eigenvalue weighted by molar-refractivity contribution is -0.155. The van der Waals surface area contributed by atoms with Crippen molar-refractivity contribution in [3.8, 4) is 0 Å². The van der Waals surface area contributed by atoms with Crippen molar-refractivity contribution in [2.75, 3.05) is 0 Å². The summed E-state index contributed by atoms with van der Waals surface area (Å²) in [5.41, 5.74) is 1.63. The molecule has 20 heavy (non-hydrogen) atoms. The zero-order valence-electron chi connectivity index (χ0n) is 12.5. The van der Waals surface area contributed by atoms with Crippen molar-refractivity contribution in [2.24, 2.45) is 5.41 Å². The summed E-state index contributed by atoms with van der Waals surface area (Å²) in [7, 11) is 0. The molecule has 4 heteroatoms. The summed E-state index contributed by atoms with van der Waals surface area (Å²) in [6, 6.07) is 0. The number of hydrogen-bond acceptors (Lipinski definition) is 4. The second-order valence-electron chi connectivity index (χ2n) is 5.49. The second kappa shape index (κ2) is 5.99. The van der Waals surface area contributed by atoms with Gasteiger partial charge in [-0.25, -0.2) is 0 Å². The Hall–Kier alpha value is -1.97. The van der Waals surface area contributed by atoms with E-state index in [4.69, 9.17) is 4.74 Å². The van der Waals surface area contributed by atoms with E-state index in [-0.39, 0.29) is 5.78 Å². The first kappa shape index (κ1) is 16.1. The number of aldehydes is 1. The summed E-state index contributed by atoms with van der Waals surface area (Å²) in [4.78, 5) is 33.7. The Balaban J connectivity index is 3.13. The minimum absolute atomic E-state index is 0.165. The molecule has 0 aromatic rings. The average Bonchev–Trinajstić information content (AvgIpc) is 2.48. The Morgan fingerprint density at radius 3 is 2.40 bits per heavy atom. The van der Waals surface area contributed by atoms with Crippen LogP contribution in [0.3, 0.4) is 0 Å². The third kappa shape index (κ3) is 3.13. The van der Waals surface area contributed by atoms with E-state index < -0.39 is 17.5 Å².